The second-order valence-corrected chi connectivity index (χ2v) is 11.1. The summed E-state index contributed by atoms with van der Waals surface area (Å²) in [5.41, 5.74) is 1.35. The summed E-state index contributed by atoms with van der Waals surface area (Å²) in [4.78, 5) is 69.2. The van der Waals surface area contributed by atoms with Crippen molar-refractivity contribution in [1.82, 2.24) is 20.5 Å². The van der Waals surface area contributed by atoms with E-state index in [1.807, 2.05) is 0 Å². The first-order valence-corrected chi connectivity index (χ1v) is 14.2. The van der Waals surface area contributed by atoms with Gasteiger partial charge in [0.25, 0.3) is 11.8 Å². The van der Waals surface area contributed by atoms with Gasteiger partial charge in [0.15, 0.2) is 0 Å². The first-order chi connectivity index (χ1) is 20.5. The molecule has 5 rings (SSSR count). The number of hydrogen-bond donors (Lipinski definition) is 3. The number of para-hydroxylation sites is 1. The lowest BCUT2D eigenvalue weighted by Gasteiger charge is -2.26. The zero-order valence-electron chi connectivity index (χ0n) is 23.2. The zero-order valence-corrected chi connectivity index (χ0v) is 23.2. The number of nitrogens with zero attached hydrogens (tertiary/aromatic N) is 1. The number of Topliss-reactive ketones (excluding diaryl/α,β-unsaturated/α-hetero) is 2. The molecule has 0 spiro atoms. The number of rotatable bonds is 9. The van der Waals surface area contributed by atoms with E-state index in [-0.39, 0.29) is 24.4 Å². The van der Waals surface area contributed by atoms with Crippen LogP contribution < -0.4 is 10.6 Å². The van der Waals surface area contributed by atoms with Crippen LogP contribution in [-0.2, 0) is 25.7 Å². The van der Waals surface area contributed by atoms with E-state index in [0.29, 0.717) is 30.2 Å². The molecule has 1 aromatic heterocycles. The van der Waals surface area contributed by atoms with Crippen LogP contribution in [0.5, 0.6) is 0 Å². The highest BCUT2D eigenvalue weighted by atomic mass is 19.4. The first-order valence-electron chi connectivity index (χ1n) is 14.2. The number of benzene rings is 2. The number of nitrogens with one attached hydrogen (secondary N) is 3. The SMILES string of the molecule is O=C(NCc1ccccc1)C(=O)C(C[C@@H]1CCCC1=O)NC(=O)[C@@H]1C[C@@H](C(F)(F)F)CN1C(=O)c1cc2ccccc2[nH]1. The summed E-state index contributed by atoms with van der Waals surface area (Å²) in [5, 5.41) is 5.62. The van der Waals surface area contributed by atoms with Crippen LogP contribution in [0.2, 0.25) is 0 Å². The third-order valence-corrected chi connectivity index (χ3v) is 8.19. The number of hydrogen-bond acceptors (Lipinski definition) is 5. The number of ketones is 2. The molecule has 12 heteroatoms. The van der Waals surface area contributed by atoms with Gasteiger partial charge in [-0.1, -0.05) is 48.5 Å². The van der Waals surface area contributed by atoms with Crippen molar-refractivity contribution in [2.45, 2.75) is 56.9 Å². The number of alkyl halides is 3. The highest BCUT2D eigenvalue weighted by molar-refractivity contribution is 6.38. The predicted molar refractivity (Wildman–Crippen MR) is 149 cm³/mol. The fraction of sp³-hybridized carbons (Fsp3) is 0.387. The van der Waals surface area contributed by atoms with Gasteiger partial charge in [-0.05, 0) is 43.4 Å². The monoisotopic (exact) mass is 596 g/mol. The number of halogens is 3. The maximum absolute atomic E-state index is 13.8. The number of likely N-dealkylation sites (tertiary alicyclic amines) is 1. The van der Waals surface area contributed by atoms with Crippen LogP contribution >= 0.6 is 0 Å². The molecular formula is C31H31F3N4O5. The average molecular weight is 597 g/mol. The van der Waals surface area contributed by atoms with Crippen molar-refractivity contribution in [2.75, 3.05) is 6.54 Å². The molecule has 9 nitrogen and oxygen atoms in total. The van der Waals surface area contributed by atoms with Gasteiger partial charge in [0.1, 0.15) is 17.5 Å². The molecule has 3 amide bonds. The van der Waals surface area contributed by atoms with Gasteiger partial charge in [-0.15, -0.1) is 0 Å². The number of aromatic nitrogens is 1. The summed E-state index contributed by atoms with van der Waals surface area (Å²) in [5.74, 6) is -6.44. The van der Waals surface area contributed by atoms with Crippen LogP contribution in [0.4, 0.5) is 13.2 Å². The van der Waals surface area contributed by atoms with Crippen molar-refractivity contribution in [1.29, 1.82) is 0 Å². The lowest BCUT2D eigenvalue weighted by Crippen LogP contribution is -2.54. The maximum atomic E-state index is 13.8. The molecule has 2 aliphatic rings. The Kier molecular flexibility index (Phi) is 8.65. The Morgan fingerprint density at radius 1 is 1.02 bits per heavy atom. The van der Waals surface area contributed by atoms with E-state index >= 15 is 0 Å². The second kappa shape index (κ2) is 12.4. The standard InChI is InChI=1S/C31H31F3N4O5/c32-31(33,34)21-15-25(38(17-21)30(43)24-13-19-9-4-5-11-22(19)36-24)28(41)37-23(14-20-10-6-12-26(20)39)27(40)29(42)35-16-18-7-2-1-3-8-18/h1-5,7-9,11,13,20-21,23,25,36H,6,10,12,14-17H2,(H,35,42)(H,37,41)/t20-,21+,23?,25-/m0/s1. The van der Waals surface area contributed by atoms with Gasteiger partial charge in [0.05, 0.1) is 12.0 Å². The molecule has 3 aromatic rings. The fourth-order valence-electron chi connectivity index (χ4n) is 5.83. The minimum Gasteiger partial charge on any atom is -0.351 e. The molecule has 1 aliphatic carbocycles. The normalized spacial score (nSPS) is 21.1. The third kappa shape index (κ3) is 6.79. The van der Waals surface area contributed by atoms with Crippen molar-refractivity contribution in [3.63, 3.8) is 0 Å². The van der Waals surface area contributed by atoms with Crippen molar-refractivity contribution in [3.8, 4) is 0 Å². The molecule has 2 aromatic carbocycles. The Balaban J connectivity index is 1.36. The molecule has 226 valence electrons. The third-order valence-electron chi connectivity index (χ3n) is 8.19. The number of carbonyl (C=O) groups excluding carboxylic acids is 5. The van der Waals surface area contributed by atoms with Gasteiger partial charge in [-0.3, -0.25) is 24.0 Å². The van der Waals surface area contributed by atoms with Gasteiger partial charge in [-0.2, -0.15) is 13.2 Å². The number of aromatic amines is 1. The van der Waals surface area contributed by atoms with Crippen LogP contribution in [0.3, 0.4) is 0 Å². The van der Waals surface area contributed by atoms with E-state index in [4.69, 9.17) is 0 Å². The van der Waals surface area contributed by atoms with Crippen LogP contribution in [0.25, 0.3) is 10.9 Å². The summed E-state index contributed by atoms with van der Waals surface area (Å²) in [7, 11) is 0. The molecule has 2 heterocycles. The highest BCUT2D eigenvalue weighted by Gasteiger charge is 2.51. The van der Waals surface area contributed by atoms with Gasteiger partial charge in [0.2, 0.25) is 11.7 Å². The number of H-pyrrole nitrogens is 1. The smallest absolute Gasteiger partial charge is 0.351 e. The molecule has 1 saturated carbocycles. The molecule has 43 heavy (non-hydrogen) atoms. The fourth-order valence-corrected chi connectivity index (χ4v) is 5.83. The second-order valence-electron chi connectivity index (χ2n) is 11.1. The number of fused-ring (bicyclic) bond motifs is 1. The molecule has 1 saturated heterocycles. The first kappa shape index (κ1) is 30.0. The van der Waals surface area contributed by atoms with E-state index in [9.17, 15) is 37.1 Å². The predicted octanol–water partition coefficient (Wildman–Crippen LogP) is 3.69. The van der Waals surface area contributed by atoms with Crippen LogP contribution in [0, 0.1) is 11.8 Å². The van der Waals surface area contributed by atoms with E-state index in [0.717, 1.165) is 10.5 Å². The Morgan fingerprint density at radius 3 is 2.42 bits per heavy atom. The van der Waals surface area contributed by atoms with E-state index in [1.165, 1.54) is 6.07 Å². The molecule has 3 N–H and O–H groups in total. The van der Waals surface area contributed by atoms with Gasteiger partial charge >= 0.3 is 6.18 Å². The maximum Gasteiger partial charge on any atom is 0.393 e. The van der Waals surface area contributed by atoms with Crippen LogP contribution in [0.15, 0.2) is 60.7 Å². The summed E-state index contributed by atoms with van der Waals surface area (Å²) in [6.07, 6.45) is -4.16. The zero-order chi connectivity index (χ0) is 30.7. The van der Waals surface area contributed by atoms with Crippen LogP contribution in [-0.4, -0.2) is 64.0 Å². The van der Waals surface area contributed by atoms with Crippen molar-refractivity contribution < 1.29 is 37.1 Å². The van der Waals surface area contributed by atoms with Gasteiger partial charge < -0.3 is 20.5 Å². The average Bonchev–Trinajstić information content (AvgIpc) is 3.73. The molecule has 2 fully saturated rings. The van der Waals surface area contributed by atoms with Crippen molar-refractivity contribution in [2.24, 2.45) is 11.8 Å². The minimum atomic E-state index is -4.67. The molecule has 0 bridgehead atoms. The molecule has 1 aliphatic heterocycles. The van der Waals surface area contributed by atoms with Gasteiger partial charge in [0, 0.05) is 36.3 Å². The topological polar surface area (TPSA) is 128 Å². The molecular weight excluding hydrogens is 565 g/mol. The lowest BCUT2D eigenvalue weighted by atomic mass is 9.94. The number of amides is 3. The quantitative estimate of drug-likeness (QED) is 0.325. The molecule has 0 radical (unpaired) electrons. The van der Waals surface area contributed by atoms with Crippen molar-refractivity contribution >= 4 is 40.2 Å². The summed E-state index contributed by atoms with van der Waals surface area (Å²) < 4.78 is 41.5. The van der Waals surface area contributed by atoms with E-state index < -0.39 is 66.6 Å². The summed E-state index contributed by atoms with van der Waals surface area (Å²) in [6, 6.07) is 14.2. The molecule has 4 atom stereocenters. The number of carbonyl (C=O) groups is 5. The van der Waals surface area contributed by atoms with Crippen molar-refractivity contribution in [3.05, 3.63) is 71.9 Å². The Labute approximate surface area is 245 Å². The largest absolute Gasteiger partial charge is 0.393 e. The lowest BCUT2D eigenvalue weighted by molar-refractivity contribution is -0.170. The Hall–Kier alpha value is -4.48. The Morgan fingerprint density at radius 2 is 1.74 bits per heavy atom. The minimum absolute atomic E-state index is 0.0197. The Bertz CT molecular complexity index is 1500. The summed E-state index contributed by atoms with van der Waals surface area (Å²) in [6.45, 7) is -0.704. The van der Waals surface area contributed by atoms with E-state index in [1.54, 1.807) is 54.6 Å². The van der Waals surface area contributed by atoms with Crippen LogP contribution in [0.1, 0.15) is 48.2 Å². The molecule has 1 unspecified atom stereocenters. The highest BCUT2D eigenvalue weighted by Crippen LogP contribution is 2.37. The van der Waals surface area contributed by atoms with Gasteiger partial charge in [-0.25, -0.2) is 0 Å². The van der Waals surface area contributed by atoms with E-state index in [2.05, 4.69) is 15.6 Å². The summed E-state index contributed by atoms with van der Waals surface area (Å²) >= 11 is 0.